The van der Waals surface area contributed by atoms with E-state index in [9.17, 15) is 0 Å². The van der Waals surface area contributed by atoms with Crippen LogP contribution in [0.25, 0.3) is 11.4 Å². The largest absolute Gasteiger partial charge is 0.236 e. The van der Waals surface area contributed by atoms with Crippen molar-refractivity contribution in [2.24, 2.45) is 5.92 Å². The van der Waals surface area contributed by atoms with E-state index >= 15 is 0 Å². The van der Waals surface area contributed by atoms with E-state index in [4.69, 9.17) is 0 Å². The second-order valence-electron chi connectivity index (χ2n) is 9.68. The Labute approximate surface area is 192 Å². The molecule has 0 saturated carbocycles. The third-order valence-corrected chi connectivity index (χ3v) is 6.23. The van der Waals surface area contributed by atoms with E-state index < -0.39 is 0 Å². The van der Waals surface area contributed by atoms with Crippen LogP contribution in [0.3, 0.4) is 0 Å². The molecule has 0 amide bonds. The molecule has 31 heavy (non-hydrogen) atoms. The van der Waals surface area contributed by atoms with Crippen LogP contribution in [0.4, 0.5) is 0 Å². The Morgan fingerprint density at radius 2 is 1.13 bits per heavy atom. The lowest BCUT2D eigenvalue weighted by Crippen LogP contribution is -1.94. The fraction of sp³-hybridized carbons (Fsp3) is 0.655. The molecule has 2 aromatic rings. The van der Waals surface area contributed by atoms with E-state index in [1.54, 1.807) is 0 Å². The van der Waals surface area contributed by atoms with E-state index in [0.717, 1.165) is 23.7 Å². The van der Waals surface area contributed by atoms with Crippen molar-refractivity contribution in [2.75, 3.05) is 0 Å². The molecule has 0 radical (unpaired) electrons. The molecular weight excluding hydrogens is 376 g/mol. The van der Waals surface area contributed by atoms with Gasteiger partial charge in [-0.1, -0.05) is 116 Å². The second-order valence-corrected chi connectivity index (χ2v) is 9.68. The van der Waals surface area contributed by atoms with Gasteiger partial charge in [-0.05, 0) is 42.7 Å². The fourth-order valence-electron chi connectivity index (χ4n) is 4.15. The number of hydrogen-bond donors (Lipinski definition) is 0. The molecule has 0 fully saturated rings. The molecule has 0 spiro atoms. The second kappa shape index (κ2) is 16.0. The lowest BCUT2D eigenvalue weighted by molar-refractivity contribution is 0.509. The molecular formula is C29H46N2. The number of hydrogen-bond acceptors (Lipinski definition) is 2. The van der Waals surface area contributed by atoms with Crippen molar-refractivity contribution in [2.45, 2.75) is 117 Å². The smallest absolute Gasteiger partial charge is 0.159 e. The first kappa shape index (κ1) is 25.6. The number of benzene rings is 1. The quantitative estimate of drug-likeness (QED) is 0.238. The number of aryl methyl sites for hydroxylation is 2. The van der Waals surface area contributed by atoms with Gasteiger partial charge in [-0.25, -0.2) is 9.97 Å². The zero-order valence-electron chi connectivity index (χ0n) is 20.5. The third kappa shape index (κ3) is 11.5. The highest BCUT2D eigenvalue weighted by Crippen LogP contribution is 2.18. The van der Waals surface area contributed by atoms with Gasteiger partial charge in [-0.3, -0.25) is 0 Å². The molecule has 1 heterocycles. The van der Waals surface area contributed by atoms with Crippen molar-refractivity contribution >= 4 is 0 Å². The van der Waals surface area contributed by atoms with Crippen LogP contribution in [0.2, 0.25) is 0 Å². The SMILES string of the molecule is CCCCCCCc1cnc(-c2ccc(CCCCCCCCCC(C)C)cc2)nc1. The molecule has 0 aliphatic carbocycles. The van der Waals surface area contributed by atoms with E-state index in [2.05, 4.69) is 55.0 Å². The molecule has 0 bridgehead atoms. The van der Waals surface area contributed by atoms with Gasteiger partial charge in [0.1, 0.15) is 0 Å². The van der Waals surface area contributed by atoms with Crippen LogP contribution in [0.15, 0.2) is 36.7 Å². The fourth-order valence-corrected chi connectivity index (χ4v) is 4.15. The van der Waals surface area contributed by atoms with Gasteiger partial charge in [-0.15, -0.1) is 0 Å². The van der Waals surface area contributed by atoms with Crippen molar-refractivity contribution in [3.63, 3.8) is 0 Å². The van der Waals surface area contributed by atoms with Crippen LogP contribution in [0.1, 0.15) is 115 Å². The Hall–Kier alpha value is -1.70. The van der Waals surface area contributed by atoms with Crippen molar-refractivity contribution in [3.05, 3.63) is 47.8 Å². The lowest BCUT2D eigenvalue weighted by atomic mass is 10.0. The standard InChI is InChI=1S/C29H46N2/c1-4-5-6-10-15-18-27-23-30-29(31-24-27)28-21-19-26(20-22-28)17-14-12-9-7-8-11-13-16-25(2)3/h19-25H,4-18H2,1-3H3. The maximum absolute atomic E-state index is 4.61. The average molecular weight is 423 g/mol. The highest BCUT2D eigenvalue weighted by Gasteiger charge is 2.03. The first-order valence-corrected chi connectivity index (χ1v) is 13.1. The summed E-state index contributed by atoms with van der Waals surface area (Å²) in [5.41, 5.74) is 3.82. The van der Waals surface area contributed by atoms with Gasteiger partial charge < -0.3 is 0 Å². The number of unbranched alkanes of at least 4 members (excludes halogenated alkanes) is 10. The molecule has 2 nitrogen and oxygen atoms in total. The summed E-state index contributed by atoms with van der Waals surface area (Å²) in [6.07, 6.45) is 24.0. The van der Waals surface area contributed by atoms with Gasteiger partial charge in [0.25, 0.3) is 0 Å². The van der Waals surface area contributed by atoms with Gasteiger partial charge in [0.05, 0.1) is 0 Å². The topological polar surface area (TPSA) is 25.8 Å². The Balaban J connectivity index is 1.61. The molecule has 1 aromatic carbocycles. The maximum atomic E-state index is 4.61. The summed E-state index contributed by atoms with van der Waals surface area (Å²) in [6.45, 7) is 6.91. The molecule has 0 atom stereocenters. The predicted octanol–water partition coefficient (Wildman–Crippen LogP) is 8.98. The first-order valence-electron chi connectivity index (χ1n) is 13.1. The van der Waals surface area contributed by atoms with Gasteiger partial charge in [0, 0.05) is 18.0 Å². The van der Waals surface area contributed by atoms with E-state index in [1.165, 1.54) is 101 Å². The monoisotopic (exact) mass is 422 g/mol. The van der Waals surface area contributed by atoms with Gasteiger partial charge in [0.2, 0.25) is 0 Å². The minimum Gasteiger partial charge on any atom is -0.236 e. The summed E-state index contributed by atoms with van der Waals surface area (Å²) in [4.78, 5) is 9.22. The molecule has 0 N–H and O–H groups in total. The lowest BCUT2D eigenvalue weighted by Gasteiger charge is -2.06. The third-order valence-electron chi connectivity index (χ3n) is 6.23. The maximum Gasteiger partial charge on any atom is 0.159 e. The van der Waals surface area contributed by atoms with E-state index in [0.29, 0.717) is 0 Å². The van der Waals surface area contributed by atoms with Crippen LogP contribution in [0.5, 0.6) is 0 Å². The molecule has 0 saturated heterocycles. The van der Waals surface area contributed by atoms with Gasteiger partial charge in [-0.2, -0.15) is 0 Å². The minimum absolute atomic E-state index is 0.846. The van der Waals surface area contributed by atoms with Gasteiger partial charge in [0.15, 0.2) is 5.82 Å². The minimum atomic E-state index is 0.846. The van der Waals surface area contributed by atoms with Gasteiger partial charge >= 0.3 is 0 Å². The van der Waals surface area contributed by atoms with Crippen molar-refractivity contribution in [1.29, 1.82) is 0 Å². The Morgan fingerprint density at radius 1 is 0.613 bits per heavy atom. The Kier molecular flexibility index (Phi) is 13.2. The Morgan fingerprint density at radius 3 is 1.71 bits per heavy atom. The van der Waals surface area contributed by atoms with Crippen molar-refractivity contribution in [1.82, 2.24) is 9.97 Å². The van der Waals surface area contributed by atoms with Crippen molar-refractivity contribution in [3.8, 4) is 11.4 Å². The van der Waals surface area contributed by atoms with Crippen LogP contribution in [0, 0.1) is 5.92 Å². The summed E-state index contributed by atoms with van der Waals surface area (Å²) in [7, 11) is 0. The highest BCUT2D eigenvalue weighted by molar-refractivity contribution is 5.55. The number of rotatable bonds is 17. The average Bonchev–Trinajstić information content (AvgIpc) is 2.78. The summed E-state index contributed by atoms with van der Waals surface area (Å²) >= 11 is 0. The molecule has 0 unspecified atom stereocenters. The summed E-state index contributed by atoms with van der Waals surface area (Å²) in [5.74, 6) is 1.71. The van der Waals surface area contributed by atoms with E-state index in [1.807, 2.05) is 12.4 Å². The zero-order chi connectivity index (χ0) is 22.2. The molecule has 1 aromatic heterocycles. The van der Waals surface area contributed by atoms with Crippen LogP contribution in [-0.4, -0.2) is 9.97 Å². The highest BCUT2D eigenvalue weighted by atomic mass is 14.9. The number of aromatic nitrogens is 2. The first-order chi connectivity index (χ1) is 15.2. The zero-order valence-corrected chi connectivity index (χ0v) is 20.5. The van der Waals surface area contributed by atoms with Crippen LogP contribution in [-0.2, 0) is 12.8 Å². The normalized spacial score (nSPS) is 11.4. The Bertz CT molecular complexity index is 673. The van der Waals surface area contributed by atoms with Crippen LogP contribution >= 0.6 is 0 Å². The molecule has 2 heteroatoms. The molecule has 2 rings (SSSR count). The number of nitrogens with zero attached hydrogens (tertiary/aromatic N) is 2. The molecule has 0 aliphatic heterocycles. The summed E-state index contributed by atoms with van der Waals surface area (Å²) in [5, 5.41) is 0. The van der Waals surface area contributed by atoms with Crippen molar-refractivity contribution < 1.29 is 0 Å². The van der Waals surface area contributed by atoms with E-state index in [-0.39, 0.29) is 0 Å². The van der Waals surface area contributed by atoms with Crippen LogP contribution < -0.4 is 0 Å². The summed E-state index contributed by atoms with van der Waals surface area (Å²) in [6, 6.07) is 8.88. The molecule has 172 valence electrons. The summed E-state index contributed by atoms with van der Waals surface area (Å²) < 4.78 is 0. The predicted molar refractivity (Wildman–Crippen MR) is 135 cm³/mol. The molecule has 0 aliphatic rings.